The molecule has 0 saturated carbocycles. The molecule has 5 heteroatoms. The number of benzene rings is 1. The van der Waals surface area contributed by atoms with Gasteiger partial charge in [-0.3, -0.25) is 9.69 Å². The van der Waals surface area contributed by atoms with Crippen LogP contribution in [0.3, 0.4) is 0 Å². The number of rotatable bonds is 6. The van der Waals surface area contributed by atoms with Gasteiger partial charge in [0.25, 0.3) is 0 Å². The number of nitrogens with one attached hydrogen (secondary N) is 1. The molecule has 1 rings (SSSR count). The molecule has 0 bridgehead atoms. The van der Waals surface area contributed by atoms with Gasteiger partial charge in [-0.15, -0.1) is 0 Å². The fourth-order valence-electron chi connectivity index (χ4n) is 1.52. The maximum atomic E-state index is 12.0. The van der Waals surface area contributed by atoms with E-state index in [2.05, 4.69) is 5.32 Å². The lowest BCUT2D eigenvalue weighted by atomic mass is 10.0. The molecule has 1 aromatic rings. The average Bonchev–Trinajstić information content (AvgIpc) is 2.39. The van der Waals surface area contributed by atoms with E-state index in [0.717, 1.165) is 0 Å². The van der Waals surface area contributed by atoms with Crippen molar-refractivity contribution in [2.75, 3.05) is 32.6 Å². The highest BCUT2D eigenvalue weighted by Gasteiger charge is 2.23. The van der Waals surface area contributed by atoms with Crippen LogP contribution in [-0.4, -0.2) is 43.6 Å². The zero-order valence-electron chi connectivity index (χ0n) is 12.1. The van der Waals surface area contributed by atoms with Crippen molar-refractivity contribution in [3.05, 3.63) is 24.3 Å². The van der Waals surface area contributed by atoms with Crippen LogP contribution in [0.15, 0.2) is 24.3 Å². The summed E-state index contributed by atoms with van der Waals surface area (Å²) < 4.78 is 5.19. The lowest BCUT2D eigenvalue weighted by Crippen LogP contribution is -2.49. The Hall–Kier alpha value is -1.59. The minimum absolute atomic E-state index is 0.0893. The lowest BCUT2D eigenvalue weighted by Gasteiger charge is -2.33. The van der Waals surface area contributed by atoms with E-state index in [0.29, 0.717) is 18.0 Å². The molecular weight excluding hydrogens is 242 g/mol. The summed E-state index contributed by atoms with van der Waals surface area (Å²) >= 11 is 0. The van der Waals surface area contributed by atoms with Crippen molar-refractivity contribution in [3.8, 4) is 5.75 Å². The fourth-order valence-corrected chi connectivity index (χ4v) is 1.52. The molecule has 0 heterocycles. The molecule has 0 aliphatic heterocycles. The quantitative estimate of drug-likeness (QED) is 0.813. The second-order valence-corrected chi connectivity index (χ2v) is 5.12. The van der Waals surface area contributed by atoms with Gasteiger partial charge in [-0.2, -0.15) is 0 Å². The summed E-state index contributed by atoms with van der Waals surface area (Å²) in [5.41, 5.74) is 6.15. The molecule has 0 aromatic heterocycles. The Morgan fingerprint density at radius 3 is 2.63 bits per heavy atom. The van der Waals surface area contributed by atoms with Crippen LogP contribution >= 0.6 is 0 Å². The Balaban J connectivity index is 2.66. The minimum Gasteiger partial charge on any atom is -0.495 e. The van der Waals surface area contributed by atoms with Gasteiger partial charge in [0.15, 0.2) is 0 Å². The largest absolute Gasteiger partial charge is 0.495 e. The number of carbonyl (C=O) groups excluding carboxylic acids is 1. The van der Waals surface area contributed by atoms with Crippen molar-refractivity contribution in [3.63, 3.8) is 0 Å². The third kappa shape index (κ3) is 4.22. The topological polar surface area (TPSA) is 67.6 Å². The lowest BCUT2D eigenvalue weighted by molar-refractivity contribution is -0.118. The molecule has 0 fully saturated rings. The molecule has 1 amide bonds. The highest BCUT2D eigenvalue weighted by atomic mass is 16.5. The molecule has 0 atom stereocenters. The molecule has 3 N–H and O–H groups in total. The molecule has 0 spiro atoms. The molecule has 0 saturated heterocycles. The minimum atomic E-state index is -0.210. The summed E-state index contributed by atoms with van der Waals surface area (Å²) in [5, 5.41) is 2.84. The van der Waals surface area contributed by atoms with Crippen molar-refractivity contribution in [2.45, 2.75) is 19.4 Å². The summed E-state index contributed by atoms with van der Waals surface area (Å²) in [6, 6.07) is 7.33. The van der Waals surface area contributed by atoms with E-state index in [4.69, 9.17) is 10.5 Å². The smallest absolute Gasteiger partial charge is 0.238 e. The number of likely N-dealkylation sites (N-methyl/N-ethyl adjacent to an activating group) is 1. The summed E-state index contributed by atoms with van der Waals surface area (Å²) in [6.45, 7) is 4.78. The van der Waals surface area contributed by atoms with Crippen LogP contribution in [0, 0.1) is 0 Å². The SMILES string of the molecule is COc1ccccc1NC(=O)CN(C)C(C)(C)CN. The Labute approximate surface area is 114 Å². The van der Waals surface area contributed by atoms with E-state index in [1.165, 1.54) is 0 Å². The number of para-hydroxylation sites is 2. The normalized spacial score (nSPS) is 11.5. The van der Waals surface area contributed by atoms with Crippen LogP contribution in [0.5, 0.6) is 5.75 Å². The van der Waals surface area contributed by atoms with E-state index in [1.807, 2.05) is 50.1 Å². The predicted octanol–water partition coefficient (Wildman–Crippen LogP) is 1.30. The first-order valence-electron chi connectivity index (χ1n) is 6.25. The van der Waals surface area contributed by atoms with Crippen LogP contribution in [0.4, 0.5) is 5.69 Å². The van der Waals surface area contributed by atoms with Gasteiger partial charge in [0.05, 0.1) is 19.3 Å². The Kier molecular flexibility index (Phi) is 5.32. The van der Waals surface area contributed by atoms with Crippen molar-refractivity contribution in [2.24, 2.45) is 5.73 Å². The number of hydrogen-bond donors (Lipinski definition) is 2. The number of hydrogen-bond acceptors (Lipinski definition) is 4. The first kappa shape index (κ1) is 15.5. The molecule has 19 heavy (non-hydrogen) atoms. The van der Waals surface area contributed by atoms with Crippen LogP contribution in [0.1, 0.15) is 13.8 Å². The average molecular weight is 265 g/mol. The first-order valence-corrected chi connectivity index (χ1v) is 6.25. The van der Waals surface area contributed by atoms with Gasteiger partial charge in [0, 0.05) is 12.1 Å². The zero-order chi connectivity index (χ0) is 14.5. The number of methoxy groups -OCH3 is 1. The standard InChI is InChI=1S/C14H23N3O2/c1-14(2,10-15)17(3)9-13(18)16-11-7-5-6-8-12(11)19-4/h5-8H,9-10,15H2,1-4H3,(H,16,18). The second kappa shape index (κ2) is 6.54. The van der Waals surface area contributed by atoms with Gasteiger partial charge < -0.3 is 15.8 Å². The predicted molar refractivity (Wildman–Crippen MR) is 77.4 cm³/mol. The number of carbonyl (C=O) groups is 1. The second-order valence-electron chi connectivity index (χ2n) is 5.12. The van der Waals surface area contributed by atoms with Crippen LogP contribution in [0.2, 0.25) is 0 Å². The molecule has 0 aliphatic carbocycles. The highest BCUT2D eigenvalue weighted by molar-refractivity contribution is 5.93. The molecule has 0 radical (unpaired) electrons. The molecular formula is C14H23N3O2. The van der Waals surface area contributed by atoms with Crippen LogP contribution in [-0.2, 0) is 4.79 Å². The molecule has 0 unspecified atom stereocenters. The molecule has 106 valence electrons. The van der Waals surface area contributed by atoms with E-state index >= 15 is 0 Å². The summed E-state index contributed by atoms with van der Waals surface area (Å²) in [7, 11) is 3.46. The van der Waals surface area contributed by atoms with Crippen molar-refractivity contribution < 1.29 is 9.53 Å². The molecule has 0 aliphatic rings. The summed E-state index contributed by atoms with van der Waals surface area (Å²) in [4.78, 5) is 13.9. The number of anilines is 1. The zero-order valence-corrected chi connectivity index (χ0v) is 12.1. The third-order valence-corrected chi connectivity index (χ3v) is 3.29. The maximum absolute atomic E-state index is 12.0. The van der Waals surface area contributed by atoms with Crippen molar-refractivity contribution in [1.29, 1.82) is 0 Å². The van der Waals surface area contributed by atoms with Gasteiger partial charge in [0.2, 0.25) is 5.91 Å². The fraction of sp³-hybridized carbons (Fsp3) is 0.500. The Morgan fingerprint density at radius 2 is 2.05 bits per heavy atom. The summed E-state index contributed by atoms with van der Waals surface area (Å²) in [5.74, 6) is 0.560. The van der Waals surface area contributed by atoms with Gasteiger partial charge in [0.1, 0.15) is 5.75 Å². The van der Waals surface area contributed by atoms with Crippen LogP contribution in [0.25, 0.3) is 0 Å². The monoisotopic (exact) mass is 265 g/mol. The molecule has 5 nitrogen and oxygen atoms in total. The van der Waals surface area contributed by atoms with Gasteiger partial charge >= 0.3 is 0 Å². The maximum Gasteiger partial charge on any atom is 0.238 e. The van der Waals surface area contributed by atoms with E-state index in [1.54, 1.807) is 7.11 Å². The number of ether oxygens (including phenoxy) is 1. The third-order valence-electron chi connectivity index (χ3n) is 3.29. The summed E-state index contributed by atoms with van der Waals surface area (Å²) in [6.07, 6.45) is 0. The number of amides is 1. The van der Waals surface area contributed by atoms with Gasteiger partial charge in [-0.1, -0.05) is 12.1 Å². The van der Waals surface area contributed by atoms with Gasteiger partial charge in [-0.25, -0.2) is 0 Å². The van der Waals surface area contributed by atoms with E-state index in [-0.39, 0.29) is 18.0 Å². The Morgan fingerprint density at radius 1 is 1.42 bits per heavy atom. The number of nitrogens with two attached hydrogens (primary N) is 1. The highest BCUT2D eigenvalue weighted by Crippen LogP contribution is 2.23. The van der Waals surface area contributed by atoms with Crippen molar-refractivity contribution >= 4 is 11.6 Å². The van der Waals surface area contributed by atoms with Gasteiger partial charge in [-0.05, 0) is 33.0 Å². The van der Waals surface area contributed by atoms with Crippen molar-refractivity contribution in [1.82, 2.24) is 4.90 Å². The van der Waals surface area contributed by atoms with E-state index in [9.17, 15) is 4.79 Å². The Bertz CT molecular complexity index is 432. The van der Waals surface area contributed by atoms with E-state index < -0.39 is 0 Å². The molecule has 1 aromatic carbocycles. The first-order chi connectivity index (χ1) is 8.90. The number of nitrogens with zero attached hydrogens (tertiary/aromatic N) is 1. The van der Waals surface area contributed by atoms with Crippen LogP contribution < -0.4 is 15.8 Å².